The minimum atomic E-state index is -0.841. The molecule has 0 bridgehead atoms. The van der Waals surface area contributed by atoms with Crippen LogP contribution in [-0.2, 0) is 14.3 Å². The third kappa shape index (κ3) is 57.1. The van der Waals surface area contributed by atoms with E-state index in [9.17, 15) is 19.8 Å². The maximum Gasteiger partial charge on any atom is 0.305 e. The summed E-state index contributed by atoms with van der Waals surface area (Å²) in [6.07, 6.45) is 79.0. The molecule has 6 nitrogen and oxygen atoms in total. The molecule has 0 aliphatic heterocycles. The third-order valence-corrected chi connectivity index (χ3v) is 14.6. The van der Waals surface area contributed by atoms with Gasteiger partial charge in [-0.25, -0.2) is 0 Å². The van der Waals surface area contributed by atoms with Crippen LogP contribution in [0, 0.1) is 0 Å². The lowest BCUT2D eigenvalue weighted by Crippen LogP contribution is -2.45. The van der Waals surface area contributed by atoms with Gasteiger partial charge in [-0.15, -0.1) is 0 Å². The van der Waals surface area contributed by atoms with Gasteiger partial charge in [-0.05, 0) is 89.9 Å². The second kappa shape index (κ2) is 61.4. The summed E-state index contributed by atoms with van der Waals surface area (Å²) < 4.78 is 5.47. The van der Waals surface area contributed by atoms with Crippen molar-refractivity contribution in [2.45, 2.75) is 347 Å². The first kappa shape index (κ1) is 69.8. The number of carbonyl (C=O) groups excluding carboxylic acids is 2. The van der Waals surface area contributed by atoms with Gasteiger partial charge in [0.05, 0.1) is 25.4 Å². The maximum absolute atomic E-state index is 12.4. The summed E-state index contributed by atoms with van der Waals surface area (Å²) in [6.45, 7) is 4.86. The molecule has 422 valence electrons. The summed E-state index contributed by atoms with van der Waals surface area (Å²) in [4.78, 5) is 24.4. The smallest absolute Gasteiger partial charge is 0.305 e. The zero-order chi connectivity index (χ0) is 52.2. The summed E-state index contributed by atoms with van der Waals surface area (Å²) in [5.41, 5.74) is 0. The van der Waals surface area contributed by atoms with E-state index in [1.54, 1.807) is 6.08 Å². The first-order valence-electron chi connectivity index (χ1n) is 31.9. The van der Waals surface area contributed by atoms with Crippen molar-refractivity contribution in [1.29, 1.82) is 0 Å². The molecule has 0 spiro atoms. The normalized spacial score (nSPS) is 12.9. The fourth-order valence-electron chi connectivity index (χ4n) is 9.66. The van der Waals surface area contributed by atoms with Crippen LogP contribution in [0.1, 0.15) is 335 Å². The van der Waals surface area contributed by atoms with Crippen LogP contribution >= 0.6 is 0 Å². The highest BCUT2D eigenvalue weighted by Gasteiger charge is 2.18. The average molecular weight is 1010 g/mol. The molecule has 0 heterocycles. The molecule has 0 rings (SSSR count). The van der Waals surface area contributed by atoms with Crippen LogP contribution in [-0.4, -0.2) is 47.4 Å². The number of ether oxygens (including phenoxy) is 1. The second-order valence-electron chi connectivity index (χ2n) is 21.7. The molecule has 0 aromatic heterocycles. The van der Waals surface area contributed by atoms with Crippen molar-refractivity contribution in [3.05, 3.63) is 48.6 Å². The third-order valence-electron chi connectivity index (χ3n) is 14.6. The number of esters is 1. The van der Waals surface area contributed by atoms with Crippen LogP contribution in [0.5, 0.6) is 0 Å². The Hall–Kier alpha value is -2.18. The Labute approximate surface area is 448 Å². The molecule has 2 atom stereocenters. The van der Waals surface area contributed by atoms with Crippen molar-refractivity contribution in [3.63, 3.8) is 0 Å². The van der Waals surface area contributed by atoms with Crippen molar-refractivity contribution in [2.75, 3.05) is 13.2 Å². The van der Waals surface area contributed by atoms with Crippen LogP contribution in [0.2, 0.25) is 0 Å². The quantitative estimate of drug-likeness (QED) is 0.0320. The molecular weight excluding hydrogens is 887 g/mol. The number of hydrogen-bond donors (Lipinski definition) is 3. The predicted octanol–water partition coefficient (Wildman–Crippen LogP) is 20.1. The van der Waals surface area contributed by atoms with Gasteiger partial charge in [-0.2, -0.15) is 0 Å². The number of allylic oxidation sites excluding steroid dienone is 7. The number of aliphatic hydroxyl groups excluding tert-OH is 2. The molecule has 0 aromatic rings. The van der Waals surface area contributed by atoms with Crippen LogP contribution in [0.3, 0.4) is 0 Å². The van der Waals surface area contributed by atoms with Crippen LogP contribution in [0.25, 0.3) is 0 Å². The molecule has 0 radical (unpaired) electrons. The lowest BCUT2D eigenvalue weighted by molar-refractivity contribution is -0.143. The molecular formula is C66H123NO5. The summed E-state index contributed by atoms with van der Waals surface area (Å²) in [5.74, 6) is -0.0643. The van der Waals surface area contributed by atoms with Gasteiger partial charge in [-0.3, -0.25) is 9.59 Å². The summed E-state index contributed by atoms with van der Waals surface area (Å²) in [7, 11) is 0. The Balaban J connectivity index is 3.37. The summed E-state index contributed by atoms with van der Waals surface area (Å²) in [5, 5.41) is 23.0. The number of rotatable bonds is 59. The standard InChI is InChI=1S/C66H123NO5/c1-3-5-7-9-11-13-14-36-40-44-48-52-56-60-66(71)72-61-57-53-49-45-41-38-35-33-31-29-27-25-23-21-19-17-15-16-18-20-22-24-26-28-30-32-34-37-39-43-47-51-55-59-65(70)67-63(62-68)64(69)58-54-50-46-42-12-10-8-6-4-2/h13-14,19,21,25,27,54,58,63-64,68-69H,3-12,15-18,20,22-24,26,28-53,55-57,59-62H2,1-2H3,(H,67,70)/b14-13-,21-19-,27-25-,58-54+. The Bertz CT molecular complexity index is 1210. The Morgan fingerprint density at radius 3 is 1.08 bits per heavy atom. The first-order chi connectivity index (χ1) is 35.5. The van der Waals surface area contributed by atoms with Gasteiger partial charge in [0, 0.05) is 12.8 Å². The Morgan fingerprint density at radius 2 is 0.694 bits per heavy atom. The summed E-state index contributed by atoms with van der Waals surface area (Å²) in [6, 6.07) is -0.624. The lowest BCUT2D eigenvalue weighted by Gasteiger charge is -2.20. The molecule has 0 saturated carbocycles. The topological polar surface area (TPSA) is 95.9 Å². The zero-order valence-corrected chi connectivity index (χ0v) is 48.2. The highest BCUT2D eigenvalue weighted by molar-refractivity contribution is 5.76. The van der Waals surface area contributed by atoms with E-state index in [1.165, 1.54) is 257 Å². The van der Waals surface area contributed by atoms with Gasteiger partial charge in [0.2, 0.25) is 5.91 Å². The Kier molecular flexibility index (Phi) is 59.5. The van der Waals surface area contributed by atoms with E-state index in [0.29, 0.717) is 19.4 Å². The van der Waals surface area contributed by atoms with Gasteiger partial charge in [0.15, 0.2) is 0 Å². The molecule has 0 fully saturated rings. The Morgan fingerprint density at radius 1 is 0.389 bits per heavy atom. The highest BCUT2D eigenvalue weighted by atomic mass is 16.5. The molecule has 0 aliphatic carbocycles. The van der Waals surface area contributed by atoms with Crippen molar-refractivity contribution in [2.24, 2.45) is 0 Å². The minimum Gasteiger partial charge on any atom is -0.466 e. The van der Waals surface area contributed by atoms with Crippen molar-refractivity contribution in [1.82, 2.24) is 5.32 Å². The maximum atomic E-state index is 12.4. The van der Waals surface area contributed by atoms with E-state index in [-0.39, 0.29) is 18.5 Å². The van der Waals surface area contributed by atoms with Crippen molar-refractivity contribution < 1.29 is 24.5 Å². The van der Waals surface area contributed by atoms with Gasteiger partial charge in [0.1, 0.15) is 0 Å². The monoisotopic (exact) mass is 1010 g/mol. The highest BCUT2D eigenvalue weighted by Crippen LogP contribution is 2.17. The minimum absolute atomic E-state index is 0.00424. The second-order valence-corrected chi connectivity index (χ2v) is 21.7. The van der Waals surface area contributed by atoms with E-state index in [4.69, 9.17) is 4.74 Å². The molecule has 0 aromatic carbocycles. The molecule has 72 heavy (non-hydrogen) atoms. The van der Waals surface area contributed by atoms with Crippen molar-refractivity contribution in [3.8, 4) is 0 Å². The molecule has 6 heteroatoms. The van der Waals surface area contributed by atoms with Crippen LogP contribution < -0.4 is 5.32 Å². The SMILES string of the molecule is CCCCCC/C=C\CCCCCCCC(=O)OCCCCCCCCCCC/C=C\C/C=C\CCCCCCCCCCCCCCCCCCCC(=O)NC(CO)C(O)/C=C/CCCCCCCCC. The predicted molar refractivity (Wildman–Crippen MR) is 315 cm³/mol. The molecule has 1 amide bonds. The van der Waals surface area contributed by atoms with E-state index < -0.39 is 12.1 Å². The largest absolute Gasteiger partial charge is 0.466 e. The molecule has 0 saturated heterocycles. The van der Waals surface area contributed by atoms with E-state index >= 15 is 0 Å². The number of hydrogen-bond acceptors (Lipinski definition) is 5. The fourth-order valence-corrected chi connectivity index (χ4v) is 9.66. The zero-order valence-electron chi connectivity index (χ0n) is 48.2. The van der Waals surface area contributed by atoms with E-state index in [0.717, 1.165) is 51.4 Å². The van der Waals surface area contributed by atoms with Crippen LogP contribution in [0.4, 0.5) is 0 Å². The number of amides is 1. The molecule has 2 unspecified atom stereocenters. The lowest BCUT2D eigenvalue weighted by atomic mass is 10.0. The number of unbranched alkanes of at least 4 members (excludes halogenated alkanes) is 42. The van der Waals surface area contributed by atoms with Crippen LogP contribution in [0.15, 0.2) is 48.6 Å². The summed E-state index contributed by atoms with van der Waals surface area (Å²) >= 11 is 0. The molecule has 0 aliphatic rings. The van der Waals surface area contributed by atoms with Crippen molar-refractivity contribution >= 4 is 11.9 Å². The number of aliphatic hydroxyl groups is 2. The number of nitrogens with one attached hydrogen (secondary N) is 1. The number of carbonyl (C=O) groups is 2. The molecule has 3 N–H and O–H groups in total. The van der Waals surface area contributed by atoms with Gasteiger partial charge < -0.3 is 20.3 Å². The van der Waals surface area contributed by atoms with Gasteiger partial charge in [-0.1, -0.05) is 281 Å². The van der Waals surface area contributed by atoms with Gasteiger partial charge in [0.25, 0.3) is 0 Å². The fraction of sp³-hybridized carbons (Fsp3) is 0.848. The first-order valence-corrected chi connectivity index (χ1v) is 31.9. The van der Waals surface area contributed by atoms with E-state index in [1.807, 2.05) is 6.08 Å². The van der Waals surface area contributed by atoms with Gasteiger partial charge >= 0.3 is 5.97 Å². The van der Waals surface area contributed by atoms with E-state index in [2.05, 4.69) is 55.6 Å². The average Bonchev–Trinajstić information content (AvgIpc) is 3.38.